The number of urea groups is 1. The van der Waals surface area contributed by atoms with Crippen molar-refractivity contribution in [3.05, 3.63) is 60.4 Å². The molecule has 0 spiro atoms. The molecule has 2 amide bonds. The summed E-state index contributed by atoms with van der Waals surface area (Å²) < 4.78 is 0. The van der Waals surface area contributed by atoms with Crippen LogP contribution in [0.5, 0.6) is 0 Å². The van der Waals surface area contributed by atoms with Gasteiger partial charge in [0, 0.05) is 18.1 Å². The third kappa shape index (κ3) is 3.79. The van der Waals surface area contributed by atoms with Gasteiger partial charge in [0.2, 0.25) is 0 Å². The number of rotatable bonds is 4. The lowest BCUT2D eigenvalue weighted by molar-refractivity contribution is 0.225. The van der Waals surface area contributed by atoms with Crippen LogP contribution in [0.4, 0.5) is 10.5 Å². The Kier molecular flexibility index (Phi) is 4.47. The van der Waals surface area contributed by atoms with Crippen LogP contribution in [-0.4, -0.2) is 22.7 Å². The van der Waals surface area contributed by atoms with Crippen molar-refractivity contribution in [1.29, 1.82) is 0 Å². The fourth-order valence-electron chi connectivity index (χ4n) is 1.68. The van der Waals surface area contributed by atoms with Gasteiger partial charge < -0.3 is 15.7 Å². The van der Waals surface area contributed by atoms with Gasteiger partial charge in [-0.05, 0) is 17.7 Å². The molecule has 1 atom stereocenters. The summed E-state index contributed by atoms with van der Waals surface area (Å²) in [6.07, 6.45) is 3.19. The zero-order valence-electron chi connectivity index (χ0n) is 10.3. The van der Waals surface area contributed by atoms with E-state index in [2.05, 4.69) is 15.6 Å². The number of carbonyl (C=O) groups is 1. The summed E-state index contributed by atoms with van der Waals surface area (Å²) in [5, 5.41) is 14.7. The van der Waals surface area contributed by atoms with Gasteiger partial charge in [0.05, 0.1) is 12.6 Å². The van der Waals surface area contributed by atoms with E-state index in [1.54, 1.807) is 24.5 Å². The Hall–Kier alpha value is -2.40. The van der Waals surface area contributed by atoms with Gasteiger partial charge in [-0.25, -0.2) is 4.79 Å². The number of hydrogen-bond donors (Lipinski definition) is 3. The summed E-state index contributed by atoms with van der Waals surface area (Å²) in [6.45, 7) is -0.159. The molecule has 5 heteroatoms. The SMILES string of the molecule is O=C(Nc1ccncc1)N[C@@H](CO)c1ccccc1. The average Bonchev–Trinajstić information content (AvgIpc) is 2.47. The van der Waals surface area contributed by atoms with Crippen LogP contribution >= 0.6 is 0 Å². The maximum Gasteiger partial charge on any atom is 0.319 e. The summed E-state index contributed by atoms with van der Waals surface area (Å²) in [5.41, 5.74) is 1.51. The average molecular weight is 257 g/mol. The molecule has 0 saturated carbocycles. The second kappa shape index (κ2) is 6.51. The van der Waals surface area contributed by atoms with Crippen molar-refractivity contribution >= 4 is 11.7 Å². The molecule has 2 aromatic rings. The smallest absolute Gasteiger partial charge is 0.319 e. The first-order valence-electron chi connectivity index (χ1n) is 5.93. The number of nitrogens with zero attached hydrogens (tertiary/aromatic N) is 1. The van der Waals surface area contributed by atoms with E-state index in [1.807, 2.05) is 30.3 Å². The number of amides is 2. The summed E-state index contributed by atoms with van der Waals surface area (Å²) >= 11 is 0. The van der Waals surface area contributed by atoms with Gasteiger partial charge in [0.1, 0.15) is 0 Å². The van der Waals surface area contributed by atoms with Crippen LogP contribution in [0.3, 0.4) is 0 Å². The molecule has 3 N–H and O–H groups in total. The number of pyridine rings is 1. The molecule has 1 heterocycles. The van der Waals surface area contributed by atoms with Crippen LogP contribution in [0.25, 0.3) is 0 Å². The number of carbonyl (C=O) groups excluding carboxylic acids is 1. The van der Waals surface area contributed by atoms with Gasteiger partial charge >= 0.3 is 6.03 Å². The molecule has 1 aromatic carbocycles. The Morgan fingerprint density at radius 2 is 1.84 bits per heavy atom. The second-order valence-corrected chi connectivity index (χ2v) is 3.98. The van der Waals surface area contributed by atoms with Gasteiger partial charge in [-0.3, -0.25) is 4.98 Å². The third-order valence-corrected chi connectivity index (χ3v) is 2.63. The van der Waals surface area contributed by atoms with Gasteiger partial charge in [0.25, 0.3) is 0 Å². The van der Waals surface area contributed by atoms with Gasteiger partial charge in [-0.2, -0.15) is 0 Å². The number of anilines is 1. The van der Waals surface area contributed by atoms with Crippen LogP contribution in [0, 0.1) is 0 Å². The first kappa shape index (κ1) is 13.0. The van der Waals surface area contributed by atoms with Gasteiger partial charge in [-0.1, -0.05) is 30.3 Å². The van der Waals surface area contributed by atoms with E-state index in [-0.39, 0.29) is 12.6 Å². The Balaban J connectivity index is 1.97. The van der Waals surface area contributed by atoms with Crippen LogP contribution in [0.15, 0.2) is 54.9 Å². The lowest BCUT2D eigenvalue weighted by Gasteiger charge is -2.17. The second-order valence-electron chi connectivity index (χ2n) is 3.98. The Labute approximate surface area is 111 Å². The summed E-state index contributed by atoms with van der Waals surface area (Å²) in [7, 11) is 0. The first-order valence-corrected chi connectivity index (χ1v) is 5.93. The minimum Gasteiger partial charge on any atom is -0.394 e. The van der Waals surface area contributed by atoms with Crippen LogP contribution < -0.4 is 10.6 Å². The monoisotopic (exact) mass is 257 g/mol. The molecule has 0 aliphatic heterocycles. The summed E-state index contributed by atoms with van der Waals surface area (Å²) in [5.74, 6) is 0. The quantitative estimate of drug-likeness (QED) is 0.783. The molecule has 19 heavy (non-hydrogen) atoms. The van der Waals surface area contributed by atoms with Crippen molar-refractivity contribution in [2.45, 2.75) is 6.04 Å². The molecular weight excluding hydrogens is 242 g/mol. The van der Waals surface area contributed by atoms with E-state index in [0.29, 0.717) is 5.69 Å². The molecular formula is C14H15N3O2. The van der Waals surface area contributed by atoms with Crippen molar-refractivity contribution in [3.8, 4) is 0 Å². The molecule has 0 bridgehead atoms. The number of nitrogens with one attached hydrogen (secondary N) is 2. The predicted molar refractivity (Wildman–Crippen MR) is 72.7 cm³/mol. The molecule has 0 aliphatic rings. The lowest BCUT2D eigenvalue weighted by Crippen LogP contribution is -2.34. The first-order chi connectivity index (χ1) is 9.29. The van der Waals surface area contributed by atoms with Crippen molar-refractivity contribution < 1.29 is 9.90 Å². The highest BCUT2D eigenvalue weighted by atomic mass is 16.3. The largest absolute Gasteiger partial charge is 0.394 e. The molecule has 98 valence electrons. The highest BCUT2D eigenvalue weighted by Gasteiger charge is 2.12. The van der Waals surface area contributed by atoms with E-state index in [9.17, 15) is 9.90 Å². The zero-order valence-corrected chi connectivity index (χ0v) is 10.3. The molecule has 0 fully saturated rings. The third-order valence-electron chi connectivity index (χ3n) is 2.63. The van der Waals surface area contributed by atoms with Crippen LogP contribution in [0.1, 0.15) is 11.6 Å². The maximum atomic E-state index is 11.8. The number of aromatic nitrogens is 1. The molecule has 5 nitrogen and oxygen atoms in total. The van der Waals surface area contributed by atoms with Gasteiger partial charge in [-0.15, -0.1) is 0 Å². The van der Waals surface area contributed by atoms with Crippen LogP contribution in [0.2, 0.25) is 0 Å². The Bertz CT molecular complexity index is 517. The molecule has 1 aromatic heterocycles. The minimum absolute atomic E-state index is 0.159. The number of aliphatic hydroxyl groups excluding tert-OH is 1. The van der Waals surface area contributed by atoms with E-state index >= 15 is 0 Å². The normalized spacial score (nSPS) is 11.6. The van der Waals surface area contributed by atoms with E-state index in [0.717, 1.165) is 5.56 Å². The molecule has 0 unspecified atom stereocenters. The molecule has 0 saturated heterocycles. The topological polar surface area (TPSA) is 74.2 Å². The molecule has 2 rings (SSSR count). The minimum atomic E-state index is -0.428. The lowest BCUT2D eigenvalue weighted by atomic mass is 10.1. The van der Waals surface area contributed by atoms with Crippen molar-refractivity contribution in [3.63, 3.8) is 0 Å². The van der Waals surface area contributed by atoms with Crippen LogP contribution in [-0.2, 0) is 0 Å². The number of benzene rings is 1. The fraction of sp³-hybridized carbons (Fsp3) is 0.143. The maximum absolute atomic E-state index is 11.8. The molecule has 0 radical (unpaired) electrons. The number of aliphatic hydroxyl groups is 1. The van der Waals surface area contributed by atoms with Crippen molar-refractivity contribution in [2.24, 2.45) is 0 Å². The summed E-state index contributed by atoms with van der Waals surface area (Å²) in [4.78, 5) is 15.7. The number of hydrogen-bond acceptors (Lipinski definition) is 3. The van der Waals surface area contributed by atoms with Crippen molar-refractivity contribution in [1.82, 2.24) is 10.3 Å². The van der Waals surface area contributed by atoms with E-state index in [4.69, 9.17) is 0 Å². The van der Waals surface area contributed by atoms with E-state index < -0.39 is 6.04 Å². The van der Waals surface area contributed by atoms with Gasteiger partial charge in [0.15, 0.2) is 0 Å². The predicted octanol–water partition coefficient (Wildman–Crippen LogP) is 1.94. The fourth-order valence-corrected chi connectivity index (χ4v) is 1.68. The zero-order chi connectivity index (χ0) is 13.5. The highest BCUT2D eigenvalue weighted by Crippen LogP contribution is 2.12. The van der Waals surface area contributed by atoms with Crippen molar-refractivity contribution in [2.75, 3.05) is 11.9 Å². The highest BCUT2D eigenvalue weighted by molar-refractivity contribution is 5.89. The van der Waals surface area contributed by atoms with E-state index in [1.165, 1.54) is 0 Å². The standard InChI is InChI=1S/C14H15N3O2/c18-10-13(11-4-2-1-3-5-11)17-14(19)16-12-6-8-15-9-7-12/h1-9,13,18H,10H2,(H2,15,16,17,19)/t13-/m0/s1. The summed E-state index contributed by atoms with van der Waals surface area (Å²) in [6, 6.07) is 11.9. The Morgan fingerprint density at radius 3 is 2.47 bits per heavy atom. The Morgan fingerprint density at radius 1 is 1.16 bits per heavy atom. The molecule has 0 aliphatic carbocycles.